The summed E-state index contributed by atoms with van der Waals surface area (Å²) in [5.74, 6) is 0.683. The lowest BCUT2D eigenvalue weighted by Gasteiger charge is -2.05. The van der Waals surface area contributed by atoms with Gasteiger partial charge in [0.15, 0.2) is 5.01 Å². The fourth-order valence-electron chi connectivity index (χ4n) is 1.38. The highest BCUT2D eigenvalue weighted by atomic mass is 32.1. The zero-order valence-electron chi connectivity index (χ0n) is 9.39. The molecule has 6 heteroatoms. The highest BCUT2D eigenvalue weighted by Crippen LogP contribution is 2.33. The van der Waals surface area contributed by atoms with Gasteiger partial charge in [-0.2, -0.15) is 5.26 Å². The number of nitrogens with zero attached hydrogens (tertiary/aromatic N) is 3. The molecule has 1 aromatic carbocycles. The molecule has 0 bridgehead atoms. The first kappa shape index (κ1) is 11.4. The summed E-state index contributed by atoms with van der Waals surface area (Å²) in [7, 11) is 3.37. The summed E-state index contributed by atoms with van der Waals surface area (Å²) < 4.78 is 5.25. The molecule has 0 radical (unpaired) electrons. The van der Waals surface area contributed by atoms with Crippen LogP contribution in [0.3, 0.4) is 0 Å². The highest BCUT2D eigenvalue weighted by Gasteiger charge is 2.12. The van der Waals surface area contributed by atoms with Crippen molar-refractivity contribution in [1.29, 1.82) is 5.26 Å². The van der Waals surface area contributed by atoms with E-state index < -0.39 is 0 Å². The summed E-state index contributed by atoms with van der Waals surface area (Å²) in [5, 5.41) is 21.3. The lowest BCUT2D eigenvalue weighted by Crippen LogP contribution is -1.88. The Balaban J connectivity index is 2.52. The van der Waals surface area contributed by atoms with E-state index in [0.717, 1.165) is 15.7 Å². The van der Waals surface area contributed by atoms with Crippen molar-refractivity contribution in [1.82, 2.24) is 10.2 Å². The molecule has 0 saturated carbocycles. The van der Waals surface area contributed by atoms with Gasteiger partial charge in [0, 0.05) is 7.05 Å². The SMILES string of the molecule is CNc1nnc(-c2cc(C#N)ccc2OC)s1. The molecule has 0 unspecified atom stereocenters. The van der Waals surface area contributed by atoms with Gasteiger partial charge in [0.1, 0.15) is 5.75 Å². The van der Waals surface area contributed by atoms with Crippen LogP contribution in [0.25, 0.3) is 10.6 Å². The molecule has 0 aliphatic carbocycles. The summed E-state index contributed by atoms with van der Waals surface area (Å²) in [6.07, 6.45) is 0. The Morgan fingerprint density at radius 3 is 2.82 bits per heavy atom. The predicted octanol–water partition coefficient (Wildman–Crippen LogP) is 2.13. The Morgan fingerprint density at radius 2 is 2.24 bits per heavy atom. The third-order valence-corrected chi connectivity index (χ3v) is 3.17. The molecule has 0 atom stereocenters. The number of rotatable bonds is 3. The summed E-state index contributed by atoms with van der Waals surface area (Å²) in [4.78, 5) is 0. The minimum absolute atomic E-state index is 0.571. The van der Waals surface area contributed by atoms with Crippen LogP contribution in [0.2, 0.25) is 0 Å². The largest absolute Gasteiger partial charge is 0.496 e. The molecule has 17 heavy (non-hydrogen) atoms. The van der Waals surface area contributed by atoms with Crippen LogP contribution >= 0.6 is 11.3 Å². The predicted molar refractivity (Wildman–Crippen MR) is 66.2 cm³/mol. The van der Waals surface area contributed by atoms with Crippen LogP contribution < -0.4 is 10.1 Å². The number of ether oxygens (including phenoxy) is 1. The van der Waals surface area contributed by atoms with Crippen molar-refractivity contribution in [3.05, 3.63) is 23.8 Å². The molecular weight excluding hydrogens is 236 g/mol. The number of benzene rings is 1. The van der Waals surface area contributed by atoms with Crippen LogP contribution in [0.15, 0.2) is 18.2 Å². The molecule has 5 nitrogen and oxygen atoms in total. The second kappa shape index (κ2) is 4.80. The molecule has 0 aliphatic heterocycles. The van der Waals surface area contributed by atoms with E-state index in [9.17, 15) is 0 Å². The van der Waals surface area contributed by atoms with Crippen LogP contribution in [0.5, 0.6) is 5.75 Å². The number of nitriles is 1. The first-order chi connectivity index (χ1) is 8.28. The lowest BCUT2D eigenvalue weighted by molar-refractivity contribution is 0.416. The van der Waals surface area contributed by atoms with Crippen molar-refractivity contribution < 1.29 is 4.74 Å². The van der Waals surface area contributed by atoms with Crippen molar-refractivity contribution in [3.63, 3.8) is 0 Å². The number of hydrogen-bond acceptors (Lipinski definition) is 6. The van der Waals surface area contributed by atoms with Gasteiger partial charge < -0.3 is 10.1 Å². The van der Waals surface area contributed by atoms with Gasteiger partial charge in [-0.3, -0.25) is 0 Å². The van der Waals surface area contributed by atoms with Crippen LogP contribution in [0.1, 0.15) is 5.56 Å². The van der Waals surface area contributed by atoms with Crippen LogP contribution in [-0.4, -0.2) is 24.4 Å². The van der Waals surface area contributed by atoms with Crippen LogP contribution in [0.4, 0.5) is 5.13 Å². The topological polar surface area (TPSA) is 70.8 Å². The van der Waals surface area contributed by atoms with Crippen molar-refractivity contribution in [2.24, 2.45) is 0 Å². The molecule has 1 aromatic heterocycles. The molecule has 2 aromatic rings. The van der Waals surface area contributed by atoms with Crippen molar-refractivity contribution in [2.45, 2.75) is 0 Å². The fraction of sp³-hybridized carbons (Fsp3) is 0.182. The maximum absolute atomic E-state index is 8.89. The Morgan fingerprint density at radius 1 is 1.41 bits per heavy atom. The first-order valence-electron chi connectivity index (χ1n) is 4.88. The molecule has 0 aliphatic rings. The second-order valence-electron chi connectivity index (χ2n) is 3.19. The maximum Gasteiger partial charge on any atom is 0.205 e. The Labute approximate surface area is 103 Å². The summed E-state index contributed by atoms with van der Waals surface area (Å²) in [6.45, 7) is 0. The van der Waals surface area contributed by atoms with Crippen LogP contribution in [-0.2, 0) is 0 Å². The zero-order valence-corrected chi connectivity index (χ0v) is 10.2. The number of methoxy groups -OCH3 is 1. The van der Waals surface area contributed by atoms with Gasteiger partial charge in [-0.1, -0.05) is 11.3 Å². The first-order valence-corrected chi connectivity index (χ1v) is 5.70. The van der Waals surface area contributed by atoms with E-state index >= 15 is 0 Å². The van der Waals surface area contributed by atoms with Gasteiger partial charge in [-0.25, -0.2) is 0 Å². The van der Waals surface area contributed by atoms with Crippen LogP contribution in [0, 0.1) is 11.3 Å². The monoisotopic (exact) mass is 246 g/mol. The van der Waals surface area contributed by atoms with E-state index in [1.54, 1.807) is 32.4 Å². The normalized spacial score (nSPS) is 9.71. The minimum atomic E-state index is 0.571. The Hall–Kier alpha value is -2.13. The third-order valence-electron chi connectivity index (χ3n) is 2.20. The van der Waals surface area contributed by atoms with Gasteiger partial charge in [0.05, 0.1) is 24.3 Å². The zero-order chi connectivity index (χ0) is 12.3. The Kier molecular flexibility index (Phi) is 3.21. The Bertz CT molecular complexity index is 573. The van der Waals surface area contributed by atoms with E-state index in [0.29, 0.717) is 11.3 Å². The van der Waals surface area contributed by atoms with Crippen molar-refractivity contribution in [2.75, 3.05) is 19.5 Å². The van der Waals surface area contributed by atoms with Gasteiger partial charge in [-0.15, -0.1) is 10.2 Å². The van der Waals surface area contributed by atoms with Crippen molar-refractivity contribution in [3.8, 4) is 22.4 Å². The van der Waals surface area contributed by atoms with E-state index in [4.69, 9.17) is 10.00 Å². The maximum atomic E-state index is 8.89. The van der Waals surface area contributed by atoms with E-state index in [-0.39, 0.29) is 0 Å². The van der Waals surface area contributed by atoms with Gasteiger partial charge >= 0.3 is 0 Å². The quantitative estimate of drug-likeness (QED) is 0.898. The second-order valence-corrected chi connectivity index (χ2v) is 4.17. The molecule has 0 saturated heterocycles. The summed E-state index contributed by atoms with van der Waals surface area (Å²) in [6, 6.07) is 7.31. The van der Waals surface area contributed by atoms with Gasteiger partial charge in [0.25, 0.3) is 0 Å². The lowest BCUT2D eigenvalue weighted by atomic mass is 10.1. The van der Waals surface area contributed by atoms with E-state index in [2.05, 4.69) is 21.6 Å². The minimum Gasteiger partial charge on any atom is -0.496 e. The number of nitrogens with one attached hydrogen (secondary N) is 1. The molecule has 2 rings (SSSR count). The number of aromatic nitrogens is 2. The highest BCUT2D eigenvalue weighted by molar-refractivity contribution is 7.18. The molecule has 0 amide bonds. The molecule has 1 heterocycles. The standard InChI is InChI=1S/C11H10N4OS/c1-13-11-15-14-10(17-11)8-5-7(6-12)3-4-9(8)16-2/h3-5H,1-2H3,(H,13,15). The van der Waals surface area contributed by atoms with E-state index in [1.807, 2.05) is 0 Å². The summed E-state index contributed by atoms with van der Waals surface area (Å²) >= 11 is 1.41. The third kappa shape index (κ3) is 2.19. The van der Waals surface area contributed by atoms with Gasteiger partial charge in [0.2, 0.25) is 5.13 Å². The number of anilines is 1. The molecule has 86 valence electrons. The summed E-state index contributed by atoms with van der Waals surface area (Å²) in [5.41, 5.74) is 1.35. The average molecular weight is 246 g/mol. The smallest absolute Gasteiger partial charge is 0.205 e. The number of hydrogen-bond donors (Lipinski definition) is 1. The van der Waals surface area contributed by atoms with E-state index in [1.165, 1.54) is 11.3 Å². The fourth-order valence-corrected chi connectivity index (χ4v) is 2.10. The molecule has 0 spiro atoms. The molecular formula is C11H10N4OS. The van der Waals surface area contributed by atoms with Gasteiger partial charge in [-0.05, 0) is 18.2 Å². The molecule has 1 N–H and O–H groups in total. The van der Waals surface area contributed by atoms with Crippen molar-refractivity contribution >= 4 is 16.5 Å². The molecule has 0 fully saturated rings. The average Bonchev–Trinajstić information content (AvgIpc) is 2.86.